The van der Waals surface area contributed by atoms with Gasteiger partial charge in [-0.15, -0.1) is 16.7 Å². The molecule has 1 aromatic rings. The highest BCUT2D eigenvalue weighted by Gasteiger charge is 2.22. The Kier molecular flexibility index (Phi) is 6.16. The third-order valence-electron chi connectivity index (χ3n) is 2.73. The highest BCUT2D eigenvalue weighted by Crippen LogP contribution is 2.20. The highest BCUT2D eigenvalue weighted by molar-refractivity contribution is 8.00. The standard InChI is InChI=1S/C14H21N2O3S/c1-16(2,3)9-10-20-14(15-18)13(17)11-5-7-12(19-4)8-6-11/h5-8,14H,9-10H2,1-4H3/q+1. The molecule has 1 aromatic carbocycles. The molecular formula is C14H21N2O3S+. The number of hydrogen-bond acceptors (Lipinski definition) is 5. The maximum Gasteiger partial charge on any atom is 0.201 e. The van der Waals surface area contributed by atoms with Crippen LogP contribution in [0.1, 0.15) is 10.4 Å². The van der Waals surface area contributed by atoms with Crippen molar-refractivity contribution < 1.29 is 14.0 Å². The van der Waals surface area contributed by atoms with Gasteiger partial charge in [0.15, 0.2) is 0 Å². The maximum atomic E-state index is 12.2. The highest BCUT2D eigenvalue weighted by atomic mass is 32.2. The molecule has 0 aliphatic heterocycles. The first-order chi connectivity index (χ1) is 9.37. The number of hydrogen-bond donors (Lipinski definition) is 0. The lowest BCUT2D eigenvalue weighted by Crippen LogP contribution is -2.37. The van der Waals surface area contributed by atoms with Crippen molar-refractivity contribution in [3.63, 3.8) is 0 Å². The molecule has 0 spiro atoms. The zero-order valence-corrected chi connectivity index (χ0v) is 13.1. The van der Waals surface area contributed by atoms with E-state index >= 15 is 0 Å². The first kappa shape index (κ1) is 16.7. The lowest BCUT2D eigenvalue weighted by atomic mass is 10.1. The fourth-order valence-corrected chi connectivity index (χ4v) is 2.71. The molecule has 6 heteroatoms. The Morgan fingerprint density at radius 3 is 2.35 bits per heavy atom. The summed E-state index contributed by atoms with van der Waals surface area (Å²) in [7, 11) is 7.76. The van der Waals surface area contributed by atoms with Gasteiger partial charge in [0.2, 0.25) is 11.2 Å². The number of ketones is 1. The van der Waals surface area contributed by atoms with E-state index in [2.05, 4.69) is 26.3 Å². The summed E-state index contributed by atoms with van der Waals surface area (Å²) in [5.74, 6) is 1.13. The zero-order chi connectivity index (χ0) is 15.2. The molecule has 0 saturated carbocycles. The van der Waals surface area contributed by atoms with Crippen LogP contribution in [0.3, 0.4) is 0 Å². The molecule has 0 aliphatic rings. The number of nitrogens with zero attached hydrogens (tertiary/aromatic N) is 2. The van der Waals surface area contributed by atoms with Gasteiger partial charge in [0.05, 0.1) is 34.8 Å². The van der Waals surface area contributed by atoms with E-state index in [1.54, 1.807) is 31.4 Å². The number of methoxy groups -OCH3 is 1. The van der Waals surface area contributed by atoms with Crippen molar-refractivity contribution in [2.45, 2.75) is 5.37 Å². The van der Waals surface area contributed by atoms with Crippen LogP contribution in [0.25, 0.3) is 0 Å². The Bertz CT molecular complexity index is 454. The topological polar surface area (TPSA) is 55.7 Å². The normalized spacial score (nSPS) is 12.8. The number of rotatable bonds is 8. The van der Waals surface area contributed by atoms with Crippen LogP contribution in [0.15, 0.2) is 29.4 Å². The monoisotopic (exact) mass is 297 g/mol. The van der Waals surface area contributed by atoms with Gasteiger partial charge >= 0.3 is 0 Å². The van der Waals surface area contributed by atoms with E-state index in [0.717, 1.165) is 11.0 Å². The number of nitroso groups, excluding NO2 is 1. The number of benzene rings is 1. The van der Waals surface area contributed by atoms with Gasteiger partial charge in [-0.3, -0.25) is 4.79 Å². The lowest BCUT2D eigenvalue weighted by molar-refractivity contribution is -0.867. The van der Waals surface area contributed by atoms with E-state index in [-0.39, 0.29) is 5.78 Å². The van der Waals surface area contributed by atoms with Crippen molar-refractivity contribution in [2.24, 2.45) is 5.18 Å². The zero-order valence-electron chi connectivity index (χ0n) is 12.3. The van der Waals surface area contributed by atoms with Crippen molar-refractivity contribution >= 4 is 17.5 Å². The molecule has 0 amide bonds. The number of ether oxygens (including phenoxy) is 1. The molecule has 0 N–H and O–H groups in total. The second kappa shape index (κ2) is 7.40. The minimum atomic E-state index is -0.880. The first-order valence-electron chi connectivity index (χ1n) is 6.30. The Labute approximate surface area is 123 Å². The van der Waals surface area contributed by atoms with Gasteiger partial charge in [-0.05, 0) is 29.4 Å². The van der Waals surface area contributed by atoms with Gasteiger partial charge in [0, 0.05) is 11.3 Å². The van der Waals surface area contributed by atoms with Crippen LogP contribution in [-0.2, 0) is 0 Å². The lowest BCUT2D eigenvalue weighted by Gasteiger charge is -2.23. The molecule has 1 rings (SSSR count). The average Bonchev–Trinajstić information content (AvgIpc) is 2.42. The number of carbonyl (C=O) groups excluding carboxylic acids is 1. The summed E-state index contributed by atoms with van der Waals surface area (Å²) >= 11 is 1.29. The third-order valence-corrected chi connectivity index (χ3v) is 3.77. The summed E-state index contributed by atoms with van der Waals surface area (Å²) in [5.41, 5.74) is 0.480. The second-order valence-corrected chi connectivity index (χ2v) is 6.62. The van der Waals surface area contributed by atoms with Crippen molar-refractivity contribution in [2.75, 3.05) is 40.6 Å². The largest absolute Gasteiger partial charge is 0.497 e. The van der Waals surface area contributed by atoms with Crippen molar-refractivity contribution in [1.29, 1.82) is 0 Å². The smallest absolute Gasteiger partial charge is 0.201 e. The average molecular weight is 297 g/mol. The summed E-state index contributed by atoms with van der Waals surface area (Å²) in [5, 5.41) is 2.07. The number of quaternary nitrogens is 1. The molecule has 0 fully saturated rings. The Hall–Kier alpha value is -1.40. The van der Waals surface area contributed by atoms with E-state index in [1.165, 1.54) is 11.8 Å². The van der Waals surface area contributed by atoms with Crippen LogP contribution < -0.4 is 4.74 Å². The maximum absolute atomic E-state index is 12.2. The van der Waals surface area contributed by atoms with Crippen LogP contribution in [0.2, 0.25) is 0 Å². The fraction of sp³-hybridized carbons (Fsp3) is 0.500. The molecule has 0 heterocycles. The minimum Gasteiger partial charge on any atom is -0.497 e. The predicted molar refractivity (Wildman–Crippen MR) is 82.3 cm³/mol. The van der Waals surface area contributed by atoms with Crippen LogP contribution in [-0.4, -0.2) is 56.2 Å². The molecule has 20 heavy (non-hydrogen) atoms. The Balaban J connectivity index is 2.64. The second-order valence-electron chi connectivity index (χ2n) is 5.44. The SMILES string of the molecule is COc1ccc(C(=O)C(N=O)SCC[N+](C)(C)C)cc1. The molecule has 1 unspecified atom stereocenters. The Morgan fingerprint density at radius 2 is 1.90 bits per heavy atom. The molecule has 5 nitrogen and oxygen atoms in total. The fourth-order valence-electron chi connectivity index (χ4n) is 1.49. The van der Waals surface area contributed by atoms with Crippen LogP contribution >= 0.6 is 11.8 Å². The molecule has 110 valence electrons. The molecule has 0 bridgehead atoms. The molecule has 1 atom stereocenters. The van der Waals surface area contributed by atoms with E-state index in [1.807, 2.05) is 0 Å². The Morgan fingerprint density at radius 1 is 1.30 bits per heavy atom. The first-order valence-corrected chi connectivity index (χ1v) is 7.35. The van der Waals surface area contributed by atoms with Gasteiger partial charge in [-0.2, -0.15) is 0 Å². The molecular weight excluding hydrogens is 276 g/mol. The number of thioether (sulfide) groups is 1. The quantitative estimate of drug-likeness (QED) is 0.420. The van der Waals surface area contributed by atoms with E-state index in [0.29, 0.717) is 17.1 Å². The van der Waals surface area contributed by atoms with Crippen molar-refractivity contribution in [3.05, 3.63) is 34.7 Å². The number of Topliss-reactive ketones (excluding diaryl/α,β-unsaturated/α-hetero) is 1. The molecule has 0 saturated heterocycles. The molecule has 0 aromatic heterocycles. The van der Waals surface area contributed by atoms with E-state index < -0.39 is 5.37 Å². The van der Waals surface area contributed by atoms with Gasteiger partial charge < -0.3 is 9.22 Å². The number of carbonyl (C=O) groups is 1. The van der Waals surface area contributed by atoms with Crippen LogP contribution in [0.4, 0.5) is 0 Å². The van der Waals surface area contributed by atoms with Crippen molar-refractivity contribution in [3.8, 4) is 5.75 Å². The summed E-state index contributed by atoms with van der Waals surface area (Å²) in [6.45, 7) is 0.868. The van der Waals surface area contributed by atoms with Gasteiger partial charge in [0.1, 0.15) is 5.75 Å². The van der Waals surface area contributed by atoms with Gasteiger partial charge in [-0.25, -0.2) is 0 Å². The van der Waals surface area contributed by atoms with Crippen molar-refractivity contribution in [1.82, 2.24) is 0 Å². The van der Waals surface area contributed by atoms with Crippen LogP contribution in [0.5, 0.6) is 5.75 Å². The minimum absolute atomic E-state index is 0.255. The van der Waals surface area contributed by atoms with E-state index in [9.17, 15) is 9.70 Å². The third kappa shape index (κ3) is 5.30. The van der Waals surface area contributed by atoms with E-state index in [4.69, 9.17) is 4.74 Å². The molecule has 0 aliphatic carbocycles. The summed E-state index contributed by atoms with van der Waals surface area (Å²) in [6.07, 6.45) is 0. The van der Waals surface area contributed by atoms with Gasteiger partial charge in [0.25, 0.3) is 0 Å². The predicted octanol–water partition coefficient (Wildman–Crippen LogP) is 2.41. The summed E-state index contributed by atoms with van der Waals surface area (Å²) in [4.78, 5) is 23.0. The van der Waals surface area contributed by atoms with Gasteiger partial charge in [-0.1, -0.05) is 0 Å². The molecule has 0 radical (unpaired) electrons. The summed E-state index contributed by atoms with van der Waals surface area (Å²) in [6, 6.07) is 6.71. The van der Waals surface area contributed by atoms with Crippen LogP contribution in [0, 0.1) is 4.91 Å². The summed E-state index contributed by atoms with van der Waals surface area (Å²) < 4.78 is 5.82.